The number of anilines is 1. The molecule has 2 rings (SSSR count). The van der Waals surface area contributed by atoms with Crippen LogP contribution in [0.3, 0.4) is 0 Å². The van der Waals surface area contributed by atoms with Crippen molar-refractivity contribution in [1.82, 2.24) is 4.90 Å². The molecule has 0 saturated carbocycles. The van der Waals surface area contributed by atoms with Crippen molar-refractivity contribution < 1.29 is 4.79 Å². The Balaban J connectivity index is 1.90. The summed E-state index contributed by atoms with van der Waals surface area (Å²) in [6, 6.07) is 16.5. The lowest BCUT2D eigenvalue weighted by atomic mass is 9.87. The monoisotopic (exact) mass is 324 g/mol. The van der Waals surface area contributed by atoms with Crippen molar-refractivity contribution in [3.63, 3.8) is 0 Å². The van der Waals surface area contributed by atoms with Gasteiger partial charge < -0.3 is 5.32 Å². The van der Waals surface area contributed by atoms with Crippen molar-refractivity contribution in [3.05, 3.63) is 65.2 Å². The van der Waals surface area contributed by atoms with Gasteiger partial charge in [-0.2, -0.15) is 0 Å². The Morgan fingerprint density at radius 2 is 1.67 bits per heavy atom. The number of benzene rings is 2. The number of nitrogens with zero attached hydrogens (tertiary/aromatic N) is 1. The molecule has 0 heterocycles. The number of aryl methyl sites for hydroxylation is 1. The first-order valence-corrected chi connectivity index (χ1v) is 8.39. The van der Waals surface area contributed by atoms with Crippen LogP contribution in [0.1, 0.15) is 37.5 Å². The van der Waals surface area contributed by atoms with Gasteiger partial charge in [-0.1, -0.05) is 63.2 Å². The quantitative estimate of drug-likeness (QED) is 0.886. The highest BCUT2D eigenvalue weighted by molar-refractivity contribution is 5.92. The fourth-order valence-electron chi connectivity index (χ4n) is 2.63. The van der Waals surface area contributed by atoms with Crippen molar-refractivity contribution in [3.8, 4) is 0 Å². The predicted octanol–water partition coefficient (Wildman–Crippen LogP) is 4.36. The second-order valence-corrected chi connectivity index (χ2v) is 7.48. The minimum absolute atomic E-state index is 0.0121. The van der Waals surface area contributed by atoms with Crippen molar-refractivity contribution in [2.24, 2.45) is 0 Å². The first-order chi connectivity index (χ1) is 11.3. The van der Waals surface area contributed by atoms with E-state index < -0.39 is 0 Å². The second kappa shape index (κ2) is 7.63. The minimum atomic E-state index is 0.0121. The first-order valence-electron chi connectivity index (χ1n) is 8.39. The van der Waals surface area contributed by atoms with Crippen molar-refractivity contribution >= 4 is 11.6 Å². The number of hydrogen-bond acceptors (Lipinski definition) is 2. The van der Waals surface area contributed by atoms with Crippen LogP contribution < -0.4 is 5.32 Å². The molecule has 1 amide bonds. The van der Waals surface area contributed by atoms with E-state index in [1.165, 1.54) is 11.1 Å². The molecule has 0 atom stereocenters. The van der Waals surface area contributed by atoms with Gasteiger partial charge in [-0.15, -0.1) is 0 Å². The molecule has 0 aliphatic rings. The third kappa shape index (κ3) is 5.20. The Hall–Kier alpha value is -2.13. The molecule has 128 valence electrons. The highest BCUT2D eigenvalue weighted by Crippen LogP contribution is 2.22. The van der Waals surface area contributed by atoms with E-state index in [1.54, 1.807) is 0 Å². The molecule has 3 nitrogen and oxygen atoms in total. The Kier molecular flexibility index (Phi) is 5.79. The number of para-hydroxylation sites is 1. The maximum absolute atomic E-state index is 12.2. The SMILES string of the molecule is Cc1ccccc1NC(=O)CN(C)Cc1ccc(C(C)(C)C)cc1. The average molecular weight is 324 g/mol. The van der Waals surface area contributed by atoms with Crippen LogP contribution >= 0.6 is 0 Å². The normalized spacial score (nSPS) is 11.6. The van der Waals surface area contributed by atoms with Gasteiger partial charge in [0.1, 0.15) is 0 Å². The molecule has 0 unspecified atom stereocenters. The average Bonchev–Trinajstić information content (AvgIpc) is 2.49. The molecule has 2 aromatic carbocycles. The van der Waals surface area contributed by atoms with Gasteiger partial charge in [0.25, 0.3) is 0 Å². The van der Waals surface area contributed by atoms with E-state index in [0.717, 1.165) is 17.8 Å². The number of carbonyl (C=O) groups excluding carboxylic acids is 1. The predicted molar refractivity (Wildman–Crippen MR) is 101 cm³/mol. The van der Waals surface area contributed by atoms with Crippen molar-refractivity contribution in [2.75, 3.05) is 18.9 Å². The summed E-state index contributed by atoms with van der Waals surface area (Å²) in [5, 5.41) is 2.98. The third-order valence-corrected chi connectivity index (χ3v) is 4.11. The Labute approximate surface area is 145 Å². The van der Waals surface area contributed by atoms with E-state index in [2.05, 4.69) is 50.4 Å². The van der Waals surface area contributed by atoms with Gasteiger partial charge in [0.2, 0.25) is 5.91 Å². The zero-order chi connectivity index (χ0) is 17.7. The van der Waals surface area contributed by atoms with Crippen LogP contribution in [0.15, 0.2) is 48.5 Å². The summed E-state index contributed by atoms with van der Waals surface area (Å²) < 4.78 is 0. The lowest BCUT2D eigenvalue weighted by molar-refractivity contribution is -0.117. The van der Waals surface area contributed by atoms with Gasteiger partial charge in [0, 0.05) is 12.2 Å². The molecule has 0 aliphatic carbocycles. The van der Waals surface area contributed by atoms with Gasteiger partial charge in [-0.3, -0.25) is 9.69 Å². The summed E-state index contributed by atoms with van der Waals surface area (Å²) in [6.45, 7) is 9.76. The summed E-state index contributed by atoms with van der Waals surface area (Å²) >= 11 is 0. The molecule has 3 heteroatoms. The van der Waals surface area contributed by atoms with E-state index in [1.807, 2.05) is 43.1 Å². The van der Waals surface area contributed by atoms with Gasteiger partial charge in [-0.25, -0.2) is 0 Å². The lowest BCUT2D eigenvalue weighted by Crippen LogP contribution is -2.30. The van der Waals surface area contributed by atoms with E-state index in [0.29, 0.717) is 6.54 Å². The molecular weight excluding hydrogens is 296 g/mol. The van der Waals surface area contributed by atoms with Gasteiger partial charge in [-0.05, 0) is 42.1 Å². The van der Waals surface area contributed by atoms with Crippen LogP contribution in [0.25, 0.3) is 0 Å². The topological polar surface area (TPSA) is 32.3 Å². The fourth-order valence-corrected chi connectivity index (χ4v) is 2.63. The molecule has 24 heavy (non-hydrogen) atoms. The highest BCUT2D eigenvalue weighted by Gasteiger charge is 2.13. The maximum Gasteiger partial charge on any atom is 0.238 e. The van der Waals surface area contributed by atoms with E-state index in [9.17, 15) is 4.79 Å². The number of rotatable bonds is 5. The number of amides is 1. The second-order valence-electron chi connectivity index (χ2n) is 7.48. The number of hydrogen-bond donors (Lipinski definition) is 1. The molecule has 2 aromatic rings. The Morgan fingerprint density at radius 3 is 2.25 bits per heavy atom. The molecule has 0 aromatic heterocycles. The minimum Gasteiger partial charge on any atom is -0.325 e. The summed E-state index contributed by atoms with van der Waals surface area (Å²) in [7, 11) is 1.97. The molecule has 0 aliphatic heterocycles. The largest absolute Gasteiger partial charge is 0.325 e. The van der Waals surface area contributed by atoms with E-state index in [-0.39, 0.29) is 11.3 Å². The van der Waals surface area contributed by atoms with Crippen LogP contribution in [0.4, 0.5) is 5.69 Å². The molecule has 0 bridgehead atoms. The number of nitrogens with one attached hydrogen (secondary N) is 1. The third-order valence-electron chi connectivity index (χ3n) is 4.11. The van der Waals surface area contributed by atoms with Crippen molar-refractivity contribution in [1.29, 1.82) is 0 Å². The smallest absolute Gasteiger partial charge is 0.238 e. The first kappa shape index (κ1) is 18.2. The molecule has 1 N–H and O–H groups in total. The van der Waals surface area contributed by atoms with Crippen LogP contribution in [0.2, 0.25) is 0 Å². The number of carbonyl (C=O) groups is 1. The number of likely N-dealkylation sites (N-methyl/N-ethyl adjacent to an activating group) is 1. The lowest BCUT2D eigenvalue weighted by Gasteiger charge is -2.20. The van der Waals surface area contributed by atoms with Gasteiger partial charge in [0.05, 0.1) is 6.54 Å². The summed E-state index contributed by atoms with van der Waals surface area (Å²) in [5.74, 6) is 0.0121. The van der Waals surface area contributed by atoms with E-state index in [4.69, 9.17) is 0 Å². The van der Waals surface area contributed by atoms with Crippen molar-refractivity contribution in [2.45, 2.75) is 39.7 Å². The molecule has 0 spiro atoms. The zero-order valence-corrected chi connectivity index (χ0v) is 15.4. The van der Waals surface area contributed by atoms with Crippen LogP contribution in [-0.2, 0) is 16.8 Å². The Morgan fingerprint density at radius 1 is 1.04 bits per heavy atom. The molecule has 0 saturated heterocycles. The van der Waals surface area contributed by atoms with E-state index >= 15 is 0 Å². The van der Waals surface area contributed by atoms with Gasteiger partial charge >= 0.3 is 0 Å². The maximum atomic E-state index is 12.2. The molecular formula is C21H28N2O. The van der Waals surface area contributed by atoms with Gasteiger partial charge in [0.15, 0.2) is 0 Å². The zero-order valence-electron chi connectivity index (χ0n) is 15.4. The van der Waals surface area contributed by atoms with Crippen LogP contribution in [-0.4, -0.2) is 24.4 Å². The fraction of sp³-hybridized carbons (Fsp3) is 0.381. The highest BCUT2D eigenvalue weighted by atomic mass is 16.2. The summed E-state index contributed by atoms with van der Waals surface area (Å²) in [4.78, 5) is 14.2. The van der Waals surface area contributed by atoms with Crippen LogP contribution in [0, 0.1) is 6.92 Å². The molecule has 0 fully saturated rings. The standard InChI is InChI=1S/C21H28N2O/c1-16-8-6-7-9-19(16)22-20(24)15-23(5)14-17-10-12-18(13-11-17)21(2,3)4/h6-13H,14-15H2,1-5H3,(H,22,24). The molecule has 0 radical (unpaired) electrons. The van der Waals surface area contributed by atoms with Crippen LogP contribution in [0.5, 0.6) is 0 Å². The Bertz CT molecular complexity index is 684. The summed E-state index contributed by atoms with van der Waals surface area (Å²) in [5.41, 5.74) is 4.66. The summed E-state index contributed by atoms with van der Waals surface area (Å²) in [6.07, 6.45) is 0.